The molecular formula is C23H23ClN4O2. The summed E-state index contributed by atoms with van der Waals surface area (Å²) in [7, 11) is 0. The standard InChI is InChI=1S/C23H23ClN4O2/c1-16-7-9-18(10-8-16)23(29)28-12-11-27(14-17(28)2)21-13-22(26-15-25-21)30-20-6-4-3-5-19(20)24/h3-10,13,15,17H,11-12,14H2,1-2H3/t17-/m1/s1. The van der Waals surface area contributed by atoms with Gasteiger partial charge in [-0.2, -0.15) is 0 Å². The first-order chi connectivity index (χ1) is 14.5. The molecule has 1 aliphatic rings. The normalized spacial score (nSPS) is 16.4. The lowest BCUT2D eigenvalue weighted by Gasteiger charge is -2.40. The first-order valence-corrected chi connectivity index (χ1v) is 10.3. The fraction of sp³-hybridized carbons (Fsp3) is 0.261. The Hall–Kier alpha value is -3.12. The maximum atomic E-state index is 12.9. The number of nitrogens with zero attached hydrogens (tertiary/aromatic N) is 4. The highest BCUT2D eigenvalue weighted by Crippen LogP contribution is 2.29. The van der Waals surface area contributed by atoms with E-state index in [-0.39, 0.29) is 11.9 Å². The molecule has 1 amide bonds. The molecule has 0 bridgehead atoms. The summed E-state index contributed by atoms with van der Waals surface area (Å²) in [6, 6.07) is 16.8. The molecule has 1 aromatic heterocycles. The summed E-state index contributed by atoms with van der Waals surface area (Å²) in [6.45, 7) is 6.06. The SMILES string of the molecule is Cc1ccc(C(=O)N2CCN(c3cc(Oc4ccccc4Cl)ncn3)C[C@H]2C)cc1. The number of para-hydroxylation sites is 1. The number of ether oxygens (including phenoxy) is 1. The molecule has 3 aromatic rings. The Bertz CT molecular complexity index is 1040. The van der Waals surface area contributed by atoms with Crippen molar-refractivity contribution in [1.82, 2.24) is 14.9 Å². The summed E-state index contributed by atoms with van der Waals surface area (Å²) in [5, 5.41) is 0.523. The van der Waals surface area contributed by atoms with Crippen molar-refractivity contribution in [3.8, 4) is 11.6 Å². The summed E-state index contributed by atoms with van der Waals surface area (Å²) in [5.41, 5.74) is 1.86. The number of aryl methyl sites for hydroxylation is 1. The van der Waals surface area contributed by atoms with Gasteiger partial charge in [0.05, 0.1) is 5.02 Å². The van der Waals surface area contributed by atoms with Crippen LogP contribution in [-0.2, 0) is 0 Å². The molecule has 154 valence electrons. The molecule has 1 fully saturated rings. The molecule has 2 aromatic carbocycles. The third kappa shape index (κ3) is 4.39. The molecule has 4 rings (SSSR count). The van der Waals surface area contributed by atoms with E-state index in [4.69, 9.17) is 16.3 Å². The van der Waals surface area contributed by atoms with E-state index in [0.29, 0.717) is 36.3 Å². The second-order valence-corrected chi connectivity index (χ2v) is 7.81. The second-order valence-electron chi connectivity index (χ2n) is 7.41. The Morgan fingerprint density at radius 3 is 2.60 bits per heavy atom. The van der Waals surface area contributed by atoms with Gasteiger partial charge in [0.15, 0.2) is 0 Å². The van der Waals surface area contributed by atoms with Crippen LogP contribution >= 0.6 is 11.6 Å². The zero-order chi connectivity index (χ0) is 21.1. The molecule has 6 nitrogen and oxygen atoms in total. The molecule has 1 aliphatic heterocycles. The smallest absolute Gasteiger partial charge is 0.254 e. The number of hydrogen-bond acceptors (Lipinski definition) is 5. The summed E-state index contributed by atoms with van der Waals surface area (Å²) in [6.07, 6.45) is 1.48. The largest absolute Gasteiger partial charge is 0.437 e. The van der Waals surface area contributed by atoms with Gasteiger partial charge in [0, 0.05) is 37.3 Å². The van der Waals surface area contributed by atoms with Gasteiger partial charge in [-0.3, -0.25) is 4.79 Å². The van der Waals surface area contributed by atoms with E-state index in [0.717, 1.165) is 16.9 Å². The average molecular weight is 423 g/mol. The van der Waals surface area contributed by atoms with Gasteiger partial charge < -0.3 is 14.5 Å². The second kappa shape index (κ2) is 8.71. The lowest BCUT2D eigenvalue weighted by molar-refractivity contribution is 0.0673. The number of hydrogen-bond donors (Lipinski definition) is 0. The van der Waals surface area contributed by atoms with Crippen molar-refractivity contribution in [3.05, 3.63) is 77.1 Å². The highest BCUT2D eigenvalue weighted by atomic mass is 35.5. The molecule has 1 saturated heterocycles. The zero-order valence-corrected chi connectivity index (χ0v) is 17.7. The van der Waals surface area contributed by atoms with Crippen LogP contribution in [0.2, 0.25) is 5.02 Å². The van der Waals surface area contributed by atoms with Crippen molar-refractivity contribution in [2.75, 3.05) is 24.5 Å². The van der Waals surface area contributed by atoms with E-state index in [1.807, 2.05) is 48.2 Å². The summed E-state index contributed by atoms with van der Waals surface area (Å²) in [4.78, 5) is 25.6. The van der Waals surface area contributed by atoms with Gasteiger partial charge in [0.25, 0.3) is 5.91 Å². The zero-order valence-electron chi connectivity index (χ0n) is 17.0. The third-order valence-corrected chi connectivity index (χ3v) is 5.50. The van der Waals surface area contributed by atoms with Crippen molar-refractivity contribution in [3.63, 3.8) is 0 Å². The van der Waals surface area contributed by atoms with Gasteiger partial charge in [-0.15, -0.1) is 0 Å². The van der Waals surface area contributed by atoms with Crippen molar-refractivity contribution in [2.45, 2.75) is 19.9 Å². The molecule has 0 aliphatic carbocycles. The van der Waals surface area contributed by atoms with Crippen LogP contribution in [0.4, 0.5) is 5.82 Å². The number of amides is 1. The topological polar surface area (TPSA) is 58.6 Å². The van der Waals surface area contributed by atoms with Crippen LogP contribution in [0.25, 0.3) is 0 Å². The lowest BCUT2D eigenvalue weighted by atomic mass is 10.1. The maximum absolute atomic E-state index is 12.9. The molecule has 1 atom stereocenters. The number of carbonyl (C=O) groups excluding carboxylic acids is 1. The van der Waals surface area contributed by atoms with Crippen molar-refractivity contribution in [2.24, 2.45) is 0 Å². The Labute approximate surface area is 181 Å². The van der Waals surface area contributed by atoms with Gasteiger partial charge >= 0.3 is 0 Å². The Morgan fingerprint density at radius 2 is 1.87 bits per heavy atom. The van der Waals surface area contributed by atoms with Crippen LogP contribution in [0.3, 0.4) is 0 Å². The summed E-state index contributed by atoms with van der Waals surface area (Å²) in [5.74, 6) is 1.80. The molecule has 2 heterocycles. The predicted octanol–water partition coefficient (Wildman–Crippen LogP) is 4.58. The number of aromatic nitrogens is 2. The minimum absolute atomic E-state index is 0.0513. The van der Waals surface area contributed by atoms with Gasteiger partial charge in [-0.1, -0.05) is 41.4 Å². The van der Waals surface area contributed by atoms with Crippen LogP contribution in [0.15, 0.2) is 60.9 Å². The molecule has 0 spiro atoms. The molecule has 0 unspecified atom stereocenters. The highest BCUT2D eigenvalue weighted by Gasteiger charge is 2.29. The van der Waals surface area contributed by atoms with Crippen molar-refractivity contribution in [1.29, 1.82) is 0 Å². The number of rotatable bonds is 4. The van der Waals surface area contributed by atoms with E-state index in [9.17, 15) is 4.79 Å². The van der Waals surface area contributed by atoms with Crippen LogP contribution in [0.1, 0.15) is 22.8 Å². The average Bonchev–Trinajstić information content (AvgIpc) is 2.75. The Balaban J connectivity index is 1.45. The van der Waals surface area contributed by atoms with E-state index >= 15 is 0 Å². The van der Waals surface area contributed by atoms with Crippen LogP contribution < -0.4 is 9.64 Å². The van der Waals surface area contributed by atoms with Gasteiger partial charge in [-0.05, 0) is 38.1 Å². The fourth-order valence-electron chi connectivity index (χ4n) is 3.53. The van der Waals surface area contributed by atoms with Crippen LogP contribution in [0.5, 0.6) is 11.6 Å². The van der Waals surface area contributed by atoms with E-state index in [2.05, 4.69) is 21.8 Å². The number of carbonyl (C=O) groups is 1. The molecule has 7 heteroatoms. The van der Waals surface area contributed by atoms with E-state index in [1.54, 1.807) is 18.2 Å². The van der Waals surface area contributed by atoms with Crippen LogP contribution in [0, 0.1) is 6.92 Å². The van der Waals surface area contributed by atoms with E-state index < -0.39 is 0 Å². The first-order valence-electron chi connectivity index (χ1n) is 9.88. The molecule has 0 saturated carbocycles. The number of piperazine rings is 1. The third-order valence-electron chi connectivity index (χ3n) is 5.19. The van der Waals surface area contributed by atoms with Gasteiger partial charge in [0.2, 0.25) is 5.88 Å². The highest BCUT2D eigenvalue weighted by molar-refractivity contribution is 6.32. The van der Waals surface area contributed by atoms with Crippen molar-refractivity contribution >= 4 is 23.3 Å². The number of anilines is 1. The van der Waals surface area contributed by atoms with Gasteiger partial charge in [0.1, 0.15) is 17.9 Å². The Morgan fingerprint density at radius 1 is 1.10 bits per heavy atom. The van der Waals surface area contributed by atoms with E-state index in [1.165, 1.54) is 6.33 Å². The number of benzene rings is 2. The lowest BCUT2D eigenvalue weighted by Crippen LogP contribution is -2.54. The number of halogens is 1. The molecular weight excluding hydrogens is 400 g/mol. The summed E-state index contributed by atoms with van der Waals surface area (Å²) >= 11 is 6.17. The molecule has 0 radical (unpaired) electrons. The predicted molar refractivity (Wildman–Crippen MR) is 117 cm³/mol. The van der Waals surface area contributed by atoms with Crippen molar-refractivity contribution < 1.29 is 9.53 Å². The van der Waals surface area contributed by atoms with Crippen LogP contribution in [-0.4, -0.2) is 46.5 Å². The first kappa shape index (κ1) is 20.2. The molecule has 30 heavy (non-hydrogen) atoms. The minimum Gasteiger partial charge on any atom is -0.437 e. The fourth-order valence-corrected chi connectivity index (χ4v) is 3.70. The Kier molecular flexibility index (Phi) is 5.86. The summed E-state index contributed by atoms with van der Waals surface area (Å²) < 4.78 is 5.82. The minimum atomic E-state index is 0.0513. The van der Waals surface area contributed by atoms with Gasteiger partial charge in [-0.25, -0.2) is 9.97 Å². The quantitative estimate of drug-likeness (QED) is 0.615. The maximum Gasteiger partial charge on any atom is 0.254 e. The molecule has 0 N–H and O–H groups in total. The monoisotopic (exact) mass is 422 g/mol.